The van der Waals surface area contributed by atoms with Crippen LogP contribution in [0, 0.1) is 0 Å². The van der Waals surface area contributed by atoms with Crippen molar-refractivity contribution in [2.75, 3.05) is 24.4 Å². The highest BCUT2D eigenvalue weighted by Crippen LogP contribution is 2.09. The van der Waals surface area contributed by atoms with Crippen molar-refractivity contribution in [2.45, 2.75) is 24.6 Å². The molecule has 1 heterocycles. The highest BCUT2D eigenvalue weighted by Gasteiger charge is 2.21. The Morgan fingerprint density at radius 2 is 2.47 bits per heavy atom. The molecule has 0 bridgehead atoms. The second kappa shape index (κ2) is 6.50. The molecule has 1 aliphatic heterocycles. The van der Waals surface area contributed by atoms with E-state index in [2.05, 4.69) is 10.6 Å². The quantitative estimate of drug-likeness (QED) is 0.717. The van der Waals surface area contributed by atoms with E-state index in [9.17, 15) is 9.00 Å². The van der Waals surface area contributed by atoms with E-state index < -0.39 is 10.8 Å². The first kappa shape index (κ1) is 13.0. The van der Waals surface area contributed by atoms with E-state index in [1.54, 1.807) is 18.0 Å². The molecule has 0 aliphatic carbocycles. The zero-order chi connectivity index (χ0) is 11.3. The molecule has 15 heavy (non-hydrogen) atoms. The molecule has 4 nitrogen and oxygen atoms in total. The van der Waals surface area contributed by atoms with Gasteiger partial charge in [0.15, 0.2) is 0 Å². The van der Waals surface area contributed by atoms with Gasteiger partial charge in [-0.05, 0) is 6.42 Å². The lowest BCUT2D eigenvalue weighted by atomic mass is 10.3. The van der Waals surface area contributed by atoms with Crippen LogP contribution in [0.25, 0.3) is 0 Å². The maximum atomic E-state index is 11.5. The lowest BCUT2D eigenvalue weighted by Gasteiger charge is -2.12. The SMILES string of the molecule is CC(CCNC(=O)C1CSCN1)S(C)=O. The Labute approximate surface area is 97.4 Å². The van der Waals surface area contributed by atoms with Crippen LogP contribution in [-0.2, 0) is 15.6 Å². The van der Waals surface area contributed by atoms with Crippen LogP contribution in [0.2, 0.25) is 0 Å². The summed E-state index contributed by atoms with van der Waals surface area (Å²) in [6, 6.07) is -0.0440. The Kier molecular flexibility index (Phi) is 5.63. The van der Waals surface area contributed by atoms with E-state index in [0.717, 1.165) is 18.1 Å². The number of carbonyl (C=O) groups excluding carboxylic acids is 1. The van der Waals surface area contributed by atoms with Crippen molar-refractivity contribution in [2.24, 2.45) is 0 Å². The number of rotatable bonds is 5. The van der Waals surface area contributed by atoms with Gasteiger partial charge in [-0.25, -0.2) is 0 Å². The molecule has 2 N–H and O–H groups in total. The second-order valence-electron chi connectivity index (χ2n) is 3.66. The summed E-state index contributed by atoms with van der Waals surface area (Å²) in [5, 5.41) is 6.12. The summed E-state index contributed by atoms with van der Waals surface area (Å²) in [7, 11) is -0.798. The van der Waals surface area contributed by atoms with Crippen molar-refractivity contribution >= 4 is 28.5 Å². The number of nitrogens with one attached hydrogen (secondary N) is 2. The van der Waals surface area contributed by atoms with Gasteiger partial charge >= 0.3 is 0 Å². The van der Waals surface area contributed by atoms with Crippen molar-refractivity contribution in [3.05, 3.63) is 0 Å². The van der Waals surface area contributed by atoms with E-state index in [1.165, 1.54) is 0 Å². The molecular formula is C9H18N2O2S2. The van der Waals surface area contributed by atoms with Gasteiger partial charge in [0.2, 0.25) is 5.91 Å². The molecule has 0 radical (unpaired) electrons. The number of carbonyl (C=O) groups is 1. The van der Waals surface area contributed by atoms with Crippen molar-refractivity contribution in [1.82, 2.24) is 10.6 Å². The fraction of sp³-hybridized carbons (Fsp3) is 0.889. The van der Waals surface area contributed by atoms with Crippen LogP contribution < -0.4 is 10.6 Å². The number of hydrogen-bond donors (Lipinski definition) is 2. The van der Waals surface area contributed by atoms with Gasteiger partial charge in [0.1, 0.15) is 0 Å². The lowest BCUT2D eigenvalue weighted by Crippen LogP contribution is -2.42. The topological polar surface area (TPSA) is 58.2 Å². The van der Waals surface area contributed by atoms with E-state index in [-0.39, 0.29) is 17.2 Å². The van der Waals surface area contributed by atoms with Gasteiger partial charge in [0.05, 0.1) is 6.04 Å². The first-order chi connectivity index (χ1) is 7.11. The molecular weight excluding hydrogens is 232 g/mol. The highest BCUT2D eigenvalue weighted by molar-refractivity contribution is 7.99. The van der Waals surface area contributed by atoms with Crippen LogP contribution in [0.1, 0.15) is 13.3 Å². The Balaban J connectivity index is 2.14. The van der Waals surface area contributed by atoms with E-state index in [4.69, 9.17) is 0 Å². The minimum atomic E-state index is -0.798. The van der Waals surface area contributed by atoms with Gasteiger partial charge in [0, 0.05) is 40.5 Å². The molecule has 0 spiro atoms. The molecule has 1 rings (SSSR count). The van der Waals surface area contributed by atoms with Crippen molar-refractivity contribution < 1.29 is 9.00 Å². The summed E-state index contributed by atoms with van der Waals surface area (Å²) >= 11 is 1.73. The Hall–Kier alpha value is -0.0700. The fourth-order valence-corrected chi connectivity index (χ4v) is 2.64. The normalized spacial score (nSPS) is 24.8. The molecule has 1 fully saturated rings. The van der Waals surface area contributed by atoms with Crippen LogP contribution in [0.3, 0.4) is 0 Å². The van der Waals surface area contributed by atoms with E-state index in [0.29, 0.717) is 6.54 Å². The first-order valence-electron chi connectivity index (χ1n) is 5.02. The molecule has 0 aromatic heterocycles. The molecule has 3 atom stereocenters. The number of amides is 1. The minimum absolute atomic E-state index is 0.0440. The van der Waals surface area contributed by atoms with Crippen LogP contribution in [0.15, 0.2) is 0 Å². The molecule has 0 aromatic rings. The van der Waals surface area contributed by atoms with Gasteiger partial charge in [-0.2, -0.15) is 0 Å². The van der Waals surface area contributed by atoms with Crippen LogP contribution in [-0.4, -0.2) is 45.8 Å². The number of thioether (sulfide) groups is 1. The van der Waals surface area contributed by atoms with Gasteiger partial charge < -0.3 is 5.32 Å². The van der Waals surface area contributed by atoms with Crippen molar-refractivity contribution in [3.63, 3.8) is 0 Å². The zero-order valence-corrected chi connectivity index (χ0v) is 10.7. The Bertz CT molecular complexity index is 242. The van der Waals surface area contributed by atoms with Crippen LogP contribution in [0.5, 0.6) is 0 Å². The monoisotopic (exact) mass is 250 g/mol. The Morgan fingerprint density at radius 3 is 3.00 bits per heavy atom. The molecule has 88 valence electrons. The van der Waals surface area contributed by atoms with Gasteiger partial charge in [0.25, 0.3) is 0 Å². The van der Waals surface area contributed by atoms with Gasteiger partial charge in [-0.15, -0.1) is 11.8 Å². The predicted molar refractivity (Wildman–Crippen MR) is 65.4 cm³/mol. The molecule has 6 heteroatoms. The molecule has 0 aromatic carbocycles. The first-order valence-corrected chi connectivity index (χ1v) is 7.80. The summed E-state index contributed by atoms with van der Waals surface area (Å²) in [4.78, 5) is 11.5. The molecule has 1 amide bonds. The third-order valence-corrected chi connectivity index (χ3v) is 4.76. The van der Waals surface area contributed by atoms with Crippen molar-refractivity contribution in [1.29, 1.82) is 0 Å². The maximum absolute atomic E-state index is 11.5. The van der Waals surface area contributed by atoms with Gasteiger partial charge in [-0.1, -0.05) is 6.92 Å². The lowest BCUT2D eigenvalue weighted by molar-refractivity contribution is -0.122. The highest BCUT2D eigenvalue weighted by atomic mass is 32.2. The number of hydrogen-bond acceptors (Lipinski definition) is 4. The standard InChI is InChI=1S/C9H18N2O2S2/c1-7(15(2)13)3-4-10-9(12)8-5-14-6-11-8/h7-8,11H,3-6H2,1-2H3,(H,10,12). The molecule has 3 unspecified atom stereocenters. The summed E-state index contributed by atoms with van der Waals surface area (Å²) in [5.74, 6) is 1.77. The average Bonchev–Trinajstić information content (AvgIpc) is 2.70. The average molecular weight is 250 g/mol. The largest absolute Gasteiger partial charge is 0.355 e. The van der Waals surface area contributed by atoms with Gasteiger partial charge in [-0.3, -0.25) is 14.3 Å². The molecule has 0 saturated carbocycles. The Morgan fingerprint density at radius 1 is 1.73 bits per heavy atom. The smallest absolute Gasteiger partial charge is 0.238 e. The van der Waals surface area contributed by atoms with Crippen LogP contribution in [0.4, 0.5) is 0 Å². The van der Waals surface area contributed by atoms with E-state index >= 15 is 0 Å². The second-order valence-corrected chi connectivity index (χ2v) is 6.49. The fourth-order valence-electron chi connectivity index (χ4n) is 1.25. The minimum Gasteiger partial charge on any atom is -0.355 e. The predicted octanol–water partition coefficient (Wildman–Crippen LogP) is -0.0778. The zero-order valence-electron chi connectivity index (χ0n) is 9.12. The molecule has 1 aliphatic rings. The third-order valence-electron chi connectivity index (χ3n) is 2.45. The van der Waals surface area contributed by atoms with Crippen molar-refractivity contribution in [3.8, 4) is 0 Å². The summed E-state index contributed by atoms with van der Waals surface area (Å²) in [5.41, 5.74) is 0. The summed E-state index contributed by atoms with van der Waals surface area (Å²) in [6.45, 7) is 2.55. The summed E-state index contributed by atoms with van der Waals surface area (Å²) < 4.78 is 11.1. The molecule has 1 saturated heterocycles. The maximum Gasteiger partial charge on any atom is 0.238 e. The summed E-state index contributed by atoms with van der Waals surface area (Å²) in [6.07, 6.45) is 2.47. The van der Waals surface area contributed by atoms with E-state index in [1.807, 2.05) is 6.92 Å². The third kappa shape index (κ3) is 4.53. The van der Waals surface area contributed by atoms with Crippen LogP contribution >= 0.6 is 11.8 Å².